The average molecular weight is 225 g/mol. The van der Waals surface area contributed by atoms with Crippen molar-refractivity contribution in [2.24, 2.45) is 0 Å². The molecule has 1 N–H and O–H groups in total. The third-order valence-corrected chi connectivity index (χ3v) is 2.32. The second-order valence-corrected chi connectivity index (χ2v) is 3.68. The molecule has 0 unspecified atom stereocenters. The molecule has 0 saturated carbocycles. The van der Waals surface area contributed by atoms with Crippen molar-refractivity contribution in [3.8, 4) is 12.1 Å². The van der Waals surface area contributed by atoms with Crippen LogP contribution in [0.4, 0.5) is 5.69 Å². The minimum Gasteiger partial charge on any atom is -0.385 e. The predicted octanol–water partition coefficient (Wildman–Crippen LogP) is 3.33. The quantitative estimate of drug-likeness (QED) is 0.617. The summed E-state index contributed by atoms with van der Waals surface area (Å²) in [6.45, 7) is 3.12. The summed E-state index contributed by atoms with van der Waals surface area (Å²) in [6.07, 6.45) is 3.89. The molecule has 0 radical (unpaired) electrons. The van der Waals surface area contributed by atoms with Gasteiger partial charge in [-0.2, -0.15) is 10.5 Å². The summed E-state index contributed by atoms with van der Waals surface area (Å²) in [6, 6.07) is 11.4. The van der Waals surface area contributed by atoms with Gasteiger partial charge in [-0.15, -0.1) is 0 Å². The molecule has 0 atom stereocenters. The molecule has 0 aliphatic rings. The third-order valence-electron chi connectivity index (χ3n) is 2.32. The van der Waals surface area contributed by atoms with Gasteiger partial charge in [0.1, 0.15) is 17.7 Å². The number of unbranched alkanes of at least 4 members (excludes halogenated alkanes) is 1. The van der Waals surface area contributed by atoms with Gasteiger partial charge in [0, 0.05) is 12.2 Å². The Morgan fingerprint density at radius 2 is 1.88 bits per heavy atom. The largest absolute Gasteiger partial charge is 0.385 e. The zero-order chi connectivity index (χ0) is 12.5. The standard InChI is InChI=1S/C14H15N3/c1-2-3-8-17-14-6-4-12(5-7-14)9-13(10-15)11-16/h4-7,9,17H,2-3,8H2,1H3. The maximum atomic E-state index is 8.63. The Kier molecular flexibility index (Phi) is 5.34. The van der Waals surface area contributed by atoms with Gasteiger partial charge < -0.3 is 5.32 Å². The Balaban J connectivity index is 2.66. The lowest BCUT2D eigenvalue weighted by molar-refractivity contribution is 0.834. The number of allylic oxidation sites excluding steroid dienone is 1. The number of hydrogen-bond donors (Lipinski definition) is 1. The lowest BCUT2D eigenvalue weighted by Crippen LogP contribution is -2.00. The van der Waals surface area contributed by atoms with Crippen LogP contribution in [-0.4, -0.2) is 6.54 Å². The van der Waals surface area contributed by atoms with Gasteiger partial charge in [-0.25, -0.2) is 0 Å². The molecule has 3 nitrogen and oxygen atoms in total. The molecule has 0 fully saturated rings. The highest BCUT2D eigenvalue weighted by Gasteiger charge is 1.95. The molecule has 1 aromatic carbocycles. The molecular weight excluding hydrogens is 210 g/mol. The molecule has 0 bridgehead atoms. The van der Waals surface area contributed by atoms with Crippen molar-refractivity contribution in [1.29, 1.82) is 10.5 Å². The number of nitriles is 2. The normalized spacial score (nSPS) is 8.88. The van der Waals surface area contributed by atoms with Crippen LogP contribution in [0.1, 0.15) is 25.3 Å². The van der Waals surface area contributed by atoms with Crippen molar-refractivity contribution < 1.29 is 0 Å². The van der Waals surface area contributed by atoms with Crippen LogP contribution in [0.3, 0.4) is 0 Å². The Morgan fingerprint density at radius 1 is 1.24 bits per heavy atom. The molecule has 0 aliphatic carbocycles. The van der Waals surface area contributed by atoms with Gasteiger partial charge >= 0.3 is 0 Å². The van der Waals surface area contributed by atoms with Crippen LogP contribution >= 0.6 is 0 Å². The SMILES string of the molecule is CCCCNc1ccc(C=C(C#N)C#N)cc1. The Bertz CT molecular complexity index is 442. The highest BCUT2D eigenvalue weighted by atomic mass is 14.9. The van der Waals surface area contributed by atoms with Crippen LogP contribution in [-0.2, 0) is 0 Å². The smallest absolute Gasteiger partial charge is 0.130 e. The molecule has 86 valence electrons. The number of hydrogen-bond acceptors (Lipinski definition) is 3. The predicted molar refractivity (Wildman–Crippen MR) is 69.0 cm³/mol. The summed E-state index contributed by atoms with van der Waals surface area (Å²) < 4.78 is 0. The molecule has 17 heavy (non-hydrogen) atoms. The Hall–Kier alpha value is -2.26. The lowest BCUT2D eigenvalue weighted by atomic mass is 10.1. The van der Waals surface area contributed by atoms with Crippen molar-refractivity contribution in [2.75, 3.05) is 11.9 Å². The molecule has 0 heterocycles. The first-order chi connectivity index (χ1) is 8.30. The van der Waals surface area contributed by atoms with E-state index >= 15 is 0 Å². The number of rotatable bonds is 5. The fourth-order valence-corrected chi connectivity index (χ4v) is 1.36. The van der Waals surface area contributed by atoms with Crippen molar-refractivity contribution in [2.45, 2.75) is 19.8 Å². The van der Waals surface area contributed by atoms with E-state index in [2.05, 4.69) is 12.2 Å². The fraction of sp³-hybridized carbons (Fsp3) is 0.286. The van der Waals surface area contributed by atoms with Gasteiger partial charge in [-0.1, -0.05) is 25.5 Å². The first-order valence-corrected chi connectivity index (χ1v) is 5.66. The lowest BCUT2D eigenvalue weighted by Gasteiger charge is -2.05. The maximum Gasteiger partial charge on any atom is 0.130 e. The van der Waals surface area contributed by atoms with Gasteiger partial charge in [-0.3, -0.25) is 0 Å². The minimum absolute atomic E-state index is 0.122. The molecule has 1 aromatic rings. The van der Waals surface area contributed by atoms with E-state index in [-0.39, 0.29) is 5.57 Å². The summed E-state index contributed by atoms with van der Waals surface area (Å²) >= 11 is 0. The Labute approximate surface area is 102 Å². The maximum absolute atomic E-state index is 8.63. The van der Waals surface area contributed by atoms with Crippen LogP contribution in [0.15, 0.2) is 29.8 Å². The van der Waals surface area contributed by atoms with Gasteiger partial charge in [0.2, 0.25) is 0 Å². The number of anilines is 1. The zero-order valence-electron chi connectivity index (χ0n) is 9.90. The van der Waals surface area contributed by atoms with Crippen LogP contribution in [0.25, 0.3) is 6.08 Å². The molecule has 3 heteroatoms. The van der Waals surface area contributed by atoms with Crippen LogP contribution in [0.5, 0.6) is 0 Å². The molecular formula is C14H15N3. The van der Waals surface area contributed by atoms with Gasteiger partial charge in [0.25, 0.3) is 0 Å². The van der Waals surface area contributed by atoms with E-state index in [0.717, 1.165) is 24.2 Å². The average Bonchev–Trinajstić information content (AvgIpc) is 2.38. The van der Waals surface area contributed by atoms with Crippen molar-refractivity contribution in [3.05, 3.63) is 35.4 Å². The Morgan fingerprint density at radius 3 is 2.41 bits per heavy atom. The van der Waals surface area contributed by atoms with Crippen molar-refractivity contribution >= 4 is 11.8 Å². The topological polar surface area (TPSA) is 59.6 Å². The van der Waals surface area contributed by atoms with E-state index in [1.807, 2.05) is 36.4 Å². The van der Waals surface area contributed by atoms with E-state index in [0.29, 0.717) is 0 Å². The fourth-order valence-electron chi connectivity index (χ4n) is 1.36. The van der Waals surface area contributed by atoms with Gasteiger partial charge in [0.15, 0.2) is 0 Å². The number of nitrogens with one attached hydrogen (secondary N) is 1. The minimum atomic E-state index is 0.122. The first kappa shape index (κ1) is 12.8. The monoisotopic (exact) mass is 225 g/mol. The number of nitrogens with zero attached hydrogens (tertiary/aromatic N) is 2. The molecule has 0 aromatic heterocycles. The molecule has 0 saturated heterocycles. The zero-order valence-corrected chi connectivity index (χ0v) is 9.90. The molecule has 0 aliphatic heterocycles. The molecule has 0 amide bonds. The second kappa shape index (κ2) is 7.09. The van der Waals surface area contributed by atoms with Crippen LogP contribution < -0.4 is 5.32 Å². The summed E-state index contributed by atoms with van der Waals surface area (Å²) in [4.78, 5) is 0. The van der Waals surface area contributed by atoms with E-state index < -0.39 is 0 Å². The first-order valence-electron chi connectivity index (χ1n) is 5.66. The van der Waals surface area contributed by atoms with E-state index in [9.17, 15) is 0 Å². The number of benzene rings is 1. The van der Waals surface area contributed by atoms with Crippen molar-refractivity contribution in [3.63, 3.8) is 0 Å². The highest BCUT2D eigenvalue weighted by Crippen LogP contribution is 2.12. The second-order valence-electron chi connectivity index (χ2n) is 3.68. The molecule has 0 spiro atoms. The van der Waals surface area contributed by atoms with Gasteiger partial charge in [-0.05, 0) is 30.2 Å². The van der Waals surface area contributed by atoms with E-state index in [1.165, 1.54) is 6.42 Å². The van der Waals surface area contributed by atoms with Crippen LogP contribution in [0, 0.1) is 22.7 Å². The third kappa shape index (κ3) is 4.40. The summed E-state index contributed by atoms with van der Waals surface area (Å²) in [7, 11) is 0. The van der Waals surface area contributed by atoms with Crippen LogP contribution in [0.2, 0.25) is 0 Å². The summed E-state index contributed by atoms with van der Waals surface area (Å²) in [5.74, 6) is 0. The summed E-state index contributed by atoms with van der Waals surface area (Å²) in [5, 5.41) is 20.6. The van der Waals surface area contributed by atoms with Crippen molar-refractivity contribution in [1.82, 2.24) is 0 Å². The van der Waals surface area contributed by atoms with E-state index in [4.69, 9.17) is 10.5 Å². The summed E-state index contributed by atoms with van der Waals surface area (Å²) in [5.41, 5.74) is 2.05. The highest BCUT2D eigenvalue weighted by molar-refractivity contribution is 5.63. The molecule has 1 rings (SSSR count). The van der Waals surface area contributed by atoms with Gasteiger partial charge in [0.05, 0.1) is 0 Å². The van der Waals surface area contributed by atoms with E-state index in [1.54, 1.807) is 6.08 Å².